The molecule has 3 rings (SSSR count). The Labute approximate surface area is 168 Å². The standard InChI is InChI=1S/C20H24N2O5S/c1-12(21-13(2)23)14-4-6-15(7-5-14)17(24)10-27-19(26)16-11-28-20(3)9-8-18(25)22(16)20/h4-7,12,16H,8-11H2,1-3H3,(H,21,23)/t12-,16-,20+/m1/s1. The number of ketones is 1. The summed E-state index contributed by atoms with van der Waals surface area (Å²) in [5.74, 6) is -0.517. The monoisotopic (exact) mass is 404 g/mol. The predicted octanol–water partition coefficient (Wildman–Crippen LogP) is 2.06. The molecular weight excluding hydrogens is 380 g/mol. The van der Waals surface area contributed by atoms with Gasteiger partial charge < -0.3 is 15.0 Å². The Morgan fingerprint density at radius 2 is 2.00 bits per heavy atom. The molecule has 0 aliphatic carbocycles. The second kappa shape index (κ2) is 7.95. The molecule has 1 aromatic carbocycles. The van der Waals surface area contributed by atoms with E-state index in [9.17, 15) is 19.2 Å². The molecule has 3 atom stereocenters. The maximum absolute atomic E-state index is 12.4. The first-order valence-corrected chi connectivity index (χ1v) is 10.2. The van der Waals surface area contributed by atoms with Gasteiger partial charge in [-0.2, -0.15) is 0 Å². The highest BCUT2D eigenvalue weighted by Crippen LogP contribution is 2.47. The minimum Gasteiger partial charge on any atom is -0.456 e. The van der Waals surface area contributed by atoms with Crippen molar-refractivity contribution in [3.63, 3.8) is 0 Å². The first kappa shape index (κ1) is 20.4. The number of carbonyl (C=O) groups excluding carboxylic acids is 4. The minimum absolute atomic E-state index is 0.0374. The molecule has 0 saturated carbocycles. The summed E-state index contributed by atoms with van der Waals surface area (Å²) in [5.41, 5.74) is 1.30. The molecule has 1 aromatic rings. The molecule has 8 heteroatoms. The highest BCUT2D eigenvalue weighted by molar-refractivity contribution is 8.01. The lowest BCUT2D eigenvalue weighted by atomic mass is 10.0. The van der Waals surface area contributed by atoms with Crippen LogP contribution in [0.15, 0.2) is 24.3 Å². The fourth-order valence-electron chi connectivity index (χ4n) is 3.66. The van der Waals surface area contributed by atoms with Crippen LogP contribution in [0.3, 0.4) is 0 Å². The molecule has 0 spiro atoms. The van der Waals surface area contributed by atoms with Gasteiger partial charge in [-0.15, -0.1) is 11.8 Å². The fraction of sp³-hybridized carbons (Fsp3) is 0.500. The van der Waals surface area contributed by atoms with Gasteiger partial charge in [0, 0.05) is 24.7 Å². The van der Waals surface area contributed by atoms with Gasteiger partial charge in [-0.05, 0) is 25.8 Å². The van der Waals surface area contributed by atoms with E-state index in [1.165, 1.54) is 6.92 Å². The fourth-order valence-corrected chi connectivity index (χ4v) is 5.07. The molecule has 2 saturated heterocycles. The van der Waals surface area contributed by atoms with E-state index in [2.05, 4.69) is 5.32 Å². The van der Waals surface area contributed by atoms with Crippen LogP contribution < -0.4 is 5.32 Å². The molecule has 2 aliphatic heterocycles. The predicted molar refractivity (Wildman–Crippen MR) is 105 cm³/mol. The van der Waals surface area contributed by atoms with Crippen LogP contribution in [0, 0.1) is 0 Å². The SMILES string of the molecule is CC(=O)N[C@H](C)c1ccc(C(=O)COC(=O)[C@H]2CS[C@@]3(C)CCC(=O)N23)cc1. The molecule has 2 amide bonds. The van der Waals surface area contributed by atoms with Gasteiger partial charge in [0.2, 0.25) is 11.8 Å². The van der Waals surface area contributed by atoms with Crippen molar-refractivity contribution in [3.05, 3.63) is 35.4 Å². The average molecular weight is 404 g/mol. The van der Waals surface area contributed by atoms with Gasteiger partial charge in [0.15, 0.2) is 12.4 Å². The van der Waals surface area contributed by atoms with Crippen molar-refractivity contribution in [2.45, 2.75) is 50.6 Å². The summed E-state index contributed by atoms with van der Waals surface area (Å²) in [6, 6.07) is 6.03. The van der Waals surface area contributed by atoms with Crippen molar-refractivity contribution in [2.24, 2.45) is 0 Å². The molecule has 2 aliphatic rings. The molecule has 0 unspecified atom stereocenters. The van der Waals surface area contributed by atoms with Crippen LogP contribution in [0.25, 0.3) is 0 Å². The zero-order valence-corrected chi connectivity index (χ0v) is 17.0. The maximum atomic E-state index is 12.4. The van der Waals surface area contributed by atoms with Crippen molar-refractivity contribution >= 4 is 35.3 Å². The second-order valence-electron chi connectivity index (χ2n) is 7.34. The van der Waals surface area contributed by atoms with Crippen LogP contribution in [0.5, 0.6) is 0 Å². The second-order valence-corrected chi connectivity index (χ2v) is 8.84. The van der Waals surface area contributed by atoms with Gasteiger partial charge in [0.1, 0.15) is 6.04 Å². The molecule has 0 bridgehead atoms. The topological polar surface area (TPSA) is 92.8 Å². The van der Waals surface area contributed by atoms with Crippen LogP contribution in [0.4, 0.5) is 0 Å². The number of nitrogens with one attached hydrogen (secondary N) is 1. The molecule has 2 fully saturated rings. The molecule has 28 heavy (non-hydrogen) atoms. The van der Waals surface area contributed by atoms with Crippen molar-refractivity contribution in [1.82, 2.24) is 10.2 Å². The van der Waals surface area contributed by atoms with E-state index in [1.54, 1.807) is 40.9 Å². The summed E-state index contributed by atoms with van der Waals surface area (Å²) in [6.45, 7) is 4.90. The Bertz CT molecular complexity index is 809. The van der Waals surface area contributed by atoms with Gasteiger partial charge in [-0.3, -0.25) is 14.4 Å². The lowest BCUT2D eigenvalue weighted by Gasteiger charge is -2.29. The molecule has 2 heterocycles. The van der Waals surface area contributed by atoms with E-state index in [0.717, 1.165) is 12.0 Å². The highest BCUT2D eigenvalue weighted by atomic mass is 32.2. The number of esters is 1. The lowest BCUT2D eigenvalue weighted by Crippen LogP contribution is -2.46. The molecule has 1 N–H and O–H groups in total. The molecular formula is C20H24N2O5S. The van der Waals surface area contributed by atoms with Crippen molar-refractivity contribution in [1.29, 1.82) is 0 Å². The van der Waals surface area contributed by atoms with Crippen molar-refractivity contribution in [2.75, 3.05) is 12.4 Å². The van der Waals surface area contributed by atoms with E-state index < -0.39 is 12.0 Å². The number of hydrogen-bond acceptors (Lipinski definition) is 6. The lowest BCUT2D eigenvalue weighted by molar-refractivity contribution is -0.152. The van der Waals surface area contributed by atoms with Crippen molar-refractivity contribution in [3.8, 4) is 0 Å². The van der Waals surface area contributed by atoms with E-state index in [0.29, 0.717) is 17.7 Å². The highest BCUT2D eigenvalue weighted by Gasteiger charge is 2.53. The van der Waals surface area contributed by atoms with Gasteiger partial charge in [0.05, 0.1) is 10.9 Å². The van der Waals surface area contributed by atoms with Gasteiger partial charge >= 0.3 is 5.97 Å². The number of Topliss-reactive ketones (excluding diaryl/α,β-unsaturated/α-hetero) is 1. The summed E-state index contributed by atoms with van der Waals surface area (Å²) < 4.78 is 5.22. The summed E-state index contributed by atoms with van der Waals surface area (Å²) in [4.78, 5) is 49.3. The Morgan fingerprint density at radius 1 is 1.32 bits per heavy atom. The van der Waals surface area contributed by atoms with E-state index in [1.807, 2.05) is 13.8 Å². The van der Waals surface area contributed by atoms with E-state index in [-0.39, 0.29) is 35.1 Å². The third kappa shape index (κ3) is 4.06. The Morgan fingerprint density at radius 3 is 2.64 bits per heavy atom. The Hall–Kier alpha value is -2.35. The zero-order chi connectivity index (χ0) is 20.5. The smallest absolute Gasteiger partial charge is 0.330 e. The number of hydrogen-bond donors (Lipinski definition) is 1. The first-order chi connectivity index (χ1) is 13.2. The summed E-state index contributed by atoms with van der Waals surface area (Å²) in [6.07, 6.45) is 1.16. The number of benzene rings is 1. The Kier molecular flexibility index (Phi) is 5.79. The third-order valence-electron chi connectivity index (χ3n) is 5.21. The molecule has 0 radical (unpaired) electrons. The van der Waals surface area contributed by atoms with Crippen LogP contribution >= 0.6 is 11.8 Å². The minimum atomic E-state index is -0.626. The normalized spacial score (nSPS) is 24.6. The van der Waals surface area contributed by atoms with Gasteiger partial charge in [0.25, 0.3) is 0 Å². The van der Waals surface area contributed by atoms with Crippen LogP contribution in [-0.4, -0.2) is 51.7 Å². The first-order valence-electron chi connectivity index (χ1n) is 9.24. The largest absolute Gasteiger partial charge is 0.456 e. The molecule has 150 valence electrons. The van der Waals surface area contributed by atoms with Crippen LogP contribution in [0.1, 0.15) is 55.6 Å². The maximum Gasteiger partial charge on any atom is 0.330 e. The molecule has 7 nitrogen and oxygen atoms in total. The number of thioether (sulfide) groups is 1. The number of nitrogens with zero attached hydrogens (tertiary/aromatic N) is 1. The number of ether oxygens (including phenoxy) is 1. The summed E-state index contributed by atoms with van der Waals surface area (Å²) in [7, 11) is 0. The summed E-state index contributed by atoms with van der Waals surface area (Å²) >= 11 is 1.58. The average Bonchev–Trinajstić information content (AvgIpc) is 3.15. The van der Waals surface area contributed by atoms with Crippen LogP contribution in [-0.2, 0) is 19.1 Å². The zero-order valence-electron chi connectivity index (χ0n) is 16.2. The Balaban J connectivity index is 1.56. The molecule has 0 aromatic heterocycles. The third-order valence-corrected chi connectivity index (χ3v) is 6.72. The number of fused-ring (bicyclic) bond motifs is 1. The number of amides is 2. The van der Waals surface area contributed by atoms with Gasteiger partial charge in [-0.1, -0.05) is 24.3 Å². The van der Waals surface area contributed by atoms with E-state index >= 15 is 0 Å². The van der Waals surface area contributed by atoms with Gasteiger partial charge in [-0.25, -0.2) is 4.79 Å². The van der Waals surface area contributed by atoms with E-state index in [4.69, 9.17) is 4.74 Å². The summed E-state index contributed by atoms with van der Waals surface area (Å²) in [5, 5.41) is 2.78. The quantitative estimate of drug-likeness (QED) is 0.576. The van der Waals surface area contributed by atoms with Crippen molar-refractivity contribution < 1.29 is 23.9 Å². The number of carbonyl (C=O) groups is 4. The van der Waals surface area contributed by atoms with Crippen LogP contribution in [0.2, 0.25) is 0 Å². The number of rotatable bonds is 6.